The van der Waals surface area contributed by atoms with Crippen molar-refractivity contribution >= 4 is 81.2 Å². The Morgan fingerprint density at radius 1 is 0.825 bits per heavy atom. The summed E-state index contributed by atoms with van der Waals surface area (Å²) in [5.74, 6) is -9.55. The number of nitrogens with one attached hydrogen (secondary N) is 3. The van der Waals surface area contributed by atoms with Crippen molar-refractivity contribution in [2.75, 3.05) is 16.0 Å². The van der Waals surface area contributed by atoms with Gasteiger partial charge in [-0.3, -0.25) is 14.4 Å². The summed E-state index contributed by atoms with van der Waals surface area (Å²) in [4.78, 5) is 36.8. The van der Waals surface area contributed by atoms with E-state index in [1.165, 1.54) is 17.4 Å². The van der Waals surface area contributed by atoms with E-state index in [9.17, 15) is 36.3 Å². The third kappa shape index (κ3) is 5.97. The Balaban J connectivity index is 1.51. The van der Waals surface area contributed by atoms with Crippen LogP contribution in [0.5, 0.6) is 0 Å². The summed E-state index contributed by atoms with van der Waals surface area (Å²) in [6.07, 6.45) is -3.57. The van der Waals surface area contributed by atoms with Crippen LogP contribution in [0.3, 0.4) is 0 Å². The predicted molar refractivity (Wildman–Crippen MR) is 141 cm³/mol. The quantitative estimate of drug-likeness (QED) is 0.186. The maximum absolute atomic E-state index is 14.7. The first kappa shape index (κ1) is 29.9. The second kappa shape index (κ2) is 11.4. The van der Waals surface area contributed by atoms with Gasteiger partial charge in [0.15, 0.2) is 5.82 Å². The number of carbonyl (C=O) groups excluding carboxylic acids is 3. The second-order valence-electron chi connectivity index (χ2n) is 8.52. The SMILES string of the molecule is O=C(Nc1ccc(F)c(NC(=O)C(F)F)c1F)c1cc(NC(=O)[C@H]2[C@H](c3ccc(Cl)c(Cl)c3)C2(Cl)Cl)ccc1F. The summed E-state index contributed by atoms with van der Waals surface area (Å²) in [5.41, 5.74) is -2.16. The van der Waals surface area contributed by atoms with E-state index in [1.807, 2.05) is 5.32 Å². The lowest BCUT2D eigenvalue weighted by Gasteiger charge is -2.13. The van der Waals surface area contributed by atoms with E-state index in [4.69, 9.17) is 46.4 Å². The zero-order chi connectivity index (χ0) is 29.5. The molecule has 0 aromatic heterocycles. The number of hydrogen-bond acceptors (Lipinski definition) is 3. The zero-order valence-electron chi connectivity index (χ0n) is 19.5. The first-order chi connectivity index (χ1) is 18.7. The molecule has 3 amide bonds. The smallest absolute Gasteiger partial charge is 0.315 e. The van der Waals surface area contributed by atoms with E-state index in [1.54, 1.807) is 6.07 Å². The minimum Gasteiger partial charge on any atom is -0.326 e. The van der Waals surface area contributed by atoms with Crippen molar-refractivity contribution in [1.82, 2.24) is 0 Å². The summed E-state index contributed by atoms with van der Waals surface area (Å²) in [6.45, 7) is 0. The number of amides is 3. The highest BCUT2D eigenvalue weighted by molar-refractivity contribution is 6.53. The van der Waals surface area contributed by atoms with Crippen molar-refractivity contribution in [3.63, 3.8) is 0 Å². The molecule has 0 heterocycles. The molecule has 3 aromatic carbocycles. The molecule has 6 nitrogen and oxygen atoms in total. The molecule has 1 saturated carbocycles. The molecule has 1 aliphatic carbocycles. The van der Waals surface area contributed by atoms with Crippen molar-refractivity contribution in [3.05, 3.63) is 87.2 Å². The van der Waals surface area contributed by atoms with Gasteiger partial charge in [0.2, 0.25) is 5.91 Å². The predicted octanol–water partition coefficient (Wildman–Crippen LogP) is 7.39. The first-order valence-corrected chi connectivity index (χ1v) is 12.5. The van der Waals surface area contributed by atoms with Gasteiger partial charge in [0, 0.05) is 11.6 Å². The third-order valence-electron chi connectivity index (χ3n) is 5.90. The lowest BCUT2D eigenvalue weighted by molar-refractivity contribution is -0.126. The Bertz CT molecular complexity index is 1540. The standard InChI is InChI=1S/C25H14Cl4F5N3O3/c26-12-3-1-9(7-13(12)27)17-18(25(17,28)29)23(39)35-10-2-4-14(30)11(8-10)22(38)36-16-6-5-15(31)20(19(16)32)37-24(40)21(33)34/h1-8,17-18,21H,(H,35,39)(H,36,38)(H,37,40)/t17-,18+/m0/s1. The lowest BCUT2D eigenvalue weighted by Crippen LogP contribution is -2.22. The number of benzene rings is 3. The van der Waals surface area contributed by atoms with Crippen molar-refractivity contribution in [2.45, 2.75) is 16.7 Å². The summed E-state index contributed by atoms with van der Waals surface area (Å²) >= 11 is 24.6. The minimum absolute atomic E-state index is 0.0510. The monoisotopic (exact) mass is 639 g/mol. The first-order valence-electron chi connectivity index (χ1n) is 11.0. The average molecular weight is 641 g/mol. The lowest BCUT2D eigenvalue weighted by atomic mass is 10.1. The van der Waals surface area contributed by atoms with Crippen LogP contribution in [-0.4, -0.2) is 28.5 Å². The van der Waals surface area contributed by atoms with E-state index >= 15 is 0 Å². The molecule has 210 valence electrons. The highest BCUT2D eigenvalue weighted by atomic mass is 35.5. The van der Waals surface area contributed by atoms with Crippen molar-refractivity contribution in [2.24, 2.45) is 5.92 Å². The van der Waals surface area contributed by atoms with Gasteiger partial charge in [0.1, 0.15) is 21.7 Å². The number of hydrogen-bond donors (Lipinski definition) is 3. The number of rotatable bonds is 7. The molecule has 2 atom stereocenters. The topological polar surface area (TPSA) is 87.3 Å². The third-order valence-corrected chi connectivity index (χ3v) is 7.58. The van der Waals surface area contributed by atoms with Gasteiger partial charge in [-0.25, -0.2) is 13.2 Å². The highest BCUT2D eigenvalue weighted by Gasteiger charge is 2.67. The fraction of sp³-hybridized carbons (Fsp3) is 0.160. The molecule has 1 fully saturated rings. The molecular formula is C25H14Cl4F5N3O3. The van der Waals surface area contributed by atoms with E-state index in [2.05, 4.69) is 5.32 Å². The van der Waals surface area contributed by atoms with Gasteiger partial charge in [0.05, 0.1) is 27.2 Å². The normalized spacial score (nSPS) is 17.4. The van der Waals surface area contributed by atoms with Gasteiger partial charge in [-0.05, 0) is 48.0 Å². The van der Waals surface area contributed by atoms with Crippen LogP contribution in [0.4, 0.5) is 39.0 Å². The molecule has 3 aromatic rings. The van der Waals surface area contributed by atoms with Crippen LogP contribution < -0.4 is 16.0 Å². The molecule has 0 saturated heterocycles. The van der Waals surface area contributed by atoms with Crippen LogP contribution in [0.1, 0.15) is 21.8 Å². The van der Waals surface area contributed by atoms with Crippen molar-refractivity contribution in [3.8, 4) is 0 Å². The molecule has 0 aliphatic heterocycles. The minimum atomic E-state index is -3.57. The van der Waals surface area contributed by atoms with E-state index in [0.717, 1.165) is 24.3 Å². The van der Waals surface area contributed by atoms with Gasteiger partial charge >= 0.3 is 6.43 Å². The van der Waals surface area contributed by atoms with E-state index < -0.39 is 74.7 Å². The van der Waals surface area contributed by atoms with Gasteiger partial charge in [-0.1, -0.05) is 29.3 Å². The average Bonchev–Trinajstić information content (AvgIpc) is 3.47. The summed E-state index contributed by atoms with van der Waals surface area (Å²) < 4.78 is 66.5. The van der Waals surface area contributed by atoms with Crippen LogP contribution in [0, 0.1) is 23.4 Å². The van der Waals surface area contributed by atoms with Crippen LogP contribution >= 0.6 is 46.4 Å². The van der Waals surface area contributed by atoms with Crippen LogP contribution in [0.2, 0.25) is 10.0 Å². The fourth-order valence-electron chi connectivity index (χ4n) is 3.90. The fourth-order valence-corrected chi connectivity index (χ4v) is 5.04. The number of carbonyl (C=O) groups is 3. The van der Waals surface area contributed by atoms with Crippen LogP contribution in [0.25, 0.3) is 0 Å². The summed E-state index contributed by atoms with van der Waals surface area (Å²) in [7, 11) is 0. The van der Waals surface area contributed by atoms with Gasteiger partial charge in [-0.15, -0.1) is 23.2 Å². The Morgan fingerprint density at radius 3 is 2.15 bits per heavy atom. The maximum Gasteiger partial charge on any atom is 0.315 e. The van der Waals surface area contributed by atoms with Crippen molar-refractivity contribution < 1.29 is 36.3 Å². The summed E-state index contributed by atoms with van der Waals surface area (Å²) in [6, 6.07) is 8.88. The molecule has 0 radical (unpaired) electrons. The Hall–Kier alpha value is -3.12. The Kier molecular flexibility index (Phi) is 8.51. The van der Waals surface area contributed by atoms with Gasteiger partial charge in [-0.2, -0.15) is 8.78 Å². The Labute approximate surface area is 242 Å². The van der Waals surface area contributed by atoms with Crippen LogP contribution in [0.15, 0.2) is 48.5 Å². The maximum atomic E-state index is 14.7. The van der Waals surface area contributed by atoms with E-state index in [0.29, 0.717) is 11.6 Å². The number of halogens is 9. The molecule has 3 N–H and O–H groups in total. The largest absolute Gasteiger partial charge is 0.326 e. The second-order valence-corrected chi connectivity index (χ2v) is 10.8. The molecular weight excluding hydrogens is 627 g/mol. The molecule has 4 rings (SSSR count). The molecule has 1 aliphatic rings. The van der Waals surface area contributed by atoms with E-state index in [-0.39, 0.29) is 15.7 Å². The number of anilines is 3. The molecule has 0 unspecified atom stereocenters. The van der Waals surface area contributed by atoms with Crippen molar-refractivity contribution in [1.29, 1.82) is 0 Å². The number of alkyl halides is 4. The molecule has 0 spiro atoms. The highest BCUT2D eigenvalue weighted by Crippen LogP contribution is 2.65. The molecule has 40 heavy (non-hydrogen) atoms. The molecule has 15 heteroatoms. The Morgan fingerprint density at radius 2 is 1.50 bits per heavy atom. The summed E-state index contributed by atoms with van der Waals surface area (Å²) in [5, 5.41) is 6.33. The van der Waals surface area contributed by atoms with Gasteiger partial charge in [0.25, 0.3) is 11.8 Å². The molecule has 0 bridgehead atoms. The zero-order valence-corrected chi connectivity index (χ0v) is 22.5. The van der Waals surface area contributed by atoms with Crippen LogP contribution in [-0.2, 0) is 9.59 Å². The van der Waals surface area contributed by atoms with Gasteiger partial charge < -0.3 is 16.0 Å².